The summed E-state index contributed by atoms with van der Waals surface area (Å²) >= 11 is 0. The van der Waals surface area contributed by atoms with Gasteiger partial charge in [0.1, 0.15) is 18.3 Å². The van der Waals surface area contributed by atoms with Crippen molar-refractivity contribution in [1.29, 1.82) is 0 Å². The molecule has 45 heavy (non-hydrogen) atoms. The summed E-state index contributed by atoms with van der Waals surface area (Å²) in [6.45, 7) is 21.9. The summed E-state index contributed by atoms with van der Waals surface area (Å²) < 4.78 is 25.5. The van der Waals surface area contributed by atoms with Crippen molar-refractivity contribution in [1.82, 2.24) is 0 Å². The van der Waals surface area contributed by atoms with Gasteiger partial charge in [0, 0.05) is 37.5 Å². The van der Waals surface area contributed by atoms with Gasteiger partial charge < -0.3 is 24.1 Å². The zero-order valence-corrected chi connectivity index (χ0v) is 29.6. The Morgan fingerprint density at radius 2 is 1.38 bits per heavy atom. The van der Waals surface area contributed by atoms with Crippen LogP contribution in [0.4, 0.5) is 0 Å². The molecule has 1 N–H and O–H groups in total. The van der Waals surface area contributed by atoms with Gasteiger partial charge in [0.05, 0.1) is 17.3 Å². The van der Waals surface area contributed by atoms with E-state index in [-0.39, 0.29) is 81.2 Å². The third kappa shape index (κ3) is 4.12. The number of fused-ring (bicyclic) bond motifs is 2. The molecule has 5 saturated carbocycles. The topological polar surface area (TPSA) is 108 Å². The van der Waals surface area contributed by atoms with Gasteiger partial charge in [0.15, 0.2) is 0 Å². The maximum absolute atomic E-state index is 12.8. The molecule has 5 aliphatic carbocycles. The van der Waals surface area contributed by atoms with Crippen LogP contribution in [0.3, 0.4) is 0 Å². The van der Waals surface area contributed by atoms with Crippen molar-refractivity contribution in [3.8, 4) is 0 Å². The number of esters is 3. The van der Waals surface area contributed by atoms with Gasteiger partial charge in [-0.2, -0.15) is 0 Å². The van der Waals surface area contributed by atoms with Crippen molar-refractivity contribution in [3.63, 3.8) is 0 Å². The summed E-state index contributed by atoms with van der Waals surface area (Å²) in [6, 6.07) is 0. The van der Waals surface area contributed by atoms with Gasteiger partial charge in [-0.15, -0.1) is 0 Å². The molecule has 0 amide bonds. The maximum atomic E-state index is 12.8. The molecule has 1 saturated heterocycles. The van der Waals surface area contributed by atoms with E-state index in [1.54, 1.807) is 0 Å². The number of aliphatic hydroxyl groups is 1. The third-order valence-electron chi connectivity index (χ3n) is 15.7. The van der Waals surface area contributed by atoms with Gasteiger partial charge in [-0.25, -0.2) is 0 Å². The van der Waals surface area contributed by atoms with E-state index in [0.29, 0.717) is 0 Å². The van der Waals surface area contributed by atoms with Crippen LogP contribution in [-0.4, -0.2) is 58.6 Å². The highest BCUT2D eigenvalue weighted by Gasteiger charge is 2.89. The average Bonchev–Trinajstić information content (AvgIpc) is 3.27. The number of carbonyl (C=O) groups is 3. The van der Waals surface area contributed by atoms with Crippen molar-refractivity contribution >= 4 is 17.9 Å². The lowest BCUT2D eigenvalue weighted by Crippen LogP contribution is -2.67. The van der Waals surface area contributed by atoms with E-state index >= 15 is 0 Å². The van der Waals surface area contributed by atoms with Crippen LogP contribution in [0.1, 0.15) is 134 Å². The SMILES string of the molecule is CC(=O)O[C@H]1C[C@@]2(C)C3C[C@H](OC(C)=O)[C@@]4(C)C(C)(C)[C@@H](OC(C)=O)CC[C@@]45C[C@@]35CC[C@]2(C)[C@H]1C1(C)CC[C@@H](C(C)(C)O)O1. The van der Waals surface area contributed by atoms with Crippen LogP contribution in [0.25, 0.3) is 0 Å². The molecule has 254 valence electrons. The number of rotatable bonds is 5. The van der Waals surface area contributed by atoms with Crippen LogP contribution in [0.2, 0.25) is 0 Å². The number of carbonyl (C=O) groups excluding carboxylic acids is 3. The van der Waals surface area contributed by atoms with Gasteiger partial charge in [-0.05, 0) is 106 Å². The third-order valence-corrected chi connectivity index (χ3v) is 15.7. The number of hydrogen-bond donors (Lipinski definition) is 1. The van der Waals surface area contributed by atoms with Crippen molar-refractivity contribution < 1.29 is 38.4 Å². The molecule has 6 aliphatic rings. The molecule has 0 radical (unpaired) electrons. The van der Waals surface area contributed by atoms with E-state index in [2.05, 4.69) is 41.5 Å². The fourth-order valence-electron chi connectivity index (χ4n) is 13.5. The highest BCUT2D eigenvalue weighted by atomic mass is 16.6. The molecule has 6 fully saturated rings. The van der Waals surface area contributed by atoms with Gasteiger partial charge in [-0.3, -0.25) is 14.4 Å². The highest BCUT2D eigenvalue weighted by Crippen LogP contribution is 2.92. The van der Waals surface area contributed by atoms with Crippen LogP contribution in [0, 0.1) is 44.3 Å². The molecule has 1 heterocycles. The summed E-state index contributed by atoms with van der Waals surface area (Å²) in [7, 11) is 0. The van der Waals surface area contributed by atoms with E-state index in [4.69, 9.17) is 18.9 Å². The molecule has 0 aromatic carbocycles. The molecule has 0 aromatic rings. The standard InChI is InChI=1S/C37H58O8/c1-21(38)42-24-19-33(9)25-18-28(44-23(3)40)35(11)30(4,5)26(43-22(2)39)13-15-37(35)20-36(25,37)17-16-32(33,8)29(24)34(10)14-12-27(45-34)31(6,7)41/h24-29,41H,12-20H2,1-11H3/t24-,25?,26-,27-,28-,29-,32+,33-,34?,35-,36-,37+/m0/s1. The first-order valence-corrected chi connectivity index (χ1v) is 17.5. The molecular weight excluding hydrogens is 572 g/mol. The molecule has 8 nitrogen and oxygen atoms in total. The molecule has 12 atom stereocenters. The highest BCUT2D eigenvalue weighted by molar-refractivity contribution is 5.67. The largest absolute Gasteiger partial charge is 0.462 e. The van der Waals surface area contributed by atoms with Crippen molar-refractivity contribution in [3.05, 3.63) is 0 Å². The molecule has 8 heteroatoms. The van der Waals surface area contributed by atoms with E-state index in [1.165, 1.54) is 20.8 Å². The average molecular weight is 631 g/mol. The maximum Gasteiger partial charge on any atom is 0.302 e. The lowest BCUT2D eigenvalue weighted by atomic mass is 9.37. The van der Waals surface area contributed by atoms with Gasteiger partial charge >= 0.3 is 17.9 Å². The van der Waals surface area contributed by atoms with Gasteiger partial charge in [0.25, 0.3) is 0 Å². The normalized spacial score (nSPS) is 51.2. The number of hydrogen-bond acceptors (Lipinski definition) is 8. The van der Waals surface area contributed by atoms with Crippen molar-refractivity contribution in [2.75, 3.05) is 0 Å². The van der Waals surface area contributed by atoms with E-state index in [0.717, 1.165) is 57.8 Å². The van der Waals surface area contributed by atoms with E-state index in [1.807, 2.05) is 13.8 Å². The molecular formula is C37H58O8. The first kappa shape index (κ1) is 33.2. The van der Waals surface area contributed by atoms with Gasteiger partial charge in [0.2, 0.25) is 0 Å². The molecule has 6 rings (SSSR count). The van der Waals surface area contributed by atoms with Crippen molar-refractivity contribution in [2.24, 2.45) is 44.3 Å². The Bertz CT molecular complexity index is 1290. The smallest absolute Gasteiger partial charge is 0.302 e. The first-order valence-electron chi connectivity index (χ1n) is 17.5. The Balaban J connectivity index is 1.44. The second-order valence-corrected chi connectivity index (χ2v) is 18.1. The lowest BCUT2D eigenvalue weighted by Gasteiger charge is -2.68. The van der Waals surface area contributed by atoms with E-state index in [9.17, 15) is 19.5 Å². The fraction of sp³-hybridized carbons (Fsp3) is 0.919. The Morgan fingerprint density at radius 1 is 0.778 bits per heavy atom. The zero-order chi connectivity index (χ0) is 33.4. The summed E-state index contributed by atoms with van der Waals surface area (Å²) in [4.78, 5) is 37.7. The summed E-state index contributed by atoms with van der Waals surface area (Å²) in [6.07, 6.45) is 6.78. The van der Waals surface area contributed by atoms with E-state index < -0.39 is 16.6 Å². The second-order valence-electron chi connectivity index (χ2n) is 18.1. The van der Waals surface area contributed by atoms with Crippen LogP contribution >= 0.6 is 0 Å². The molecule has 1 aliphatic heterocycles. The summed E-state index contributed by atoms with van der Waals surface area (Å²) in [5.41, 5.74) is -2.65. The van der Waals surface area contributed by atoms with Crippen LogP contribution < -0.4 is 0 Å². The minimum Gasteiger partial charge on any atom is -0.462 e. The minimum atomic E-state index is -0.961. The zero-order valence-electron chi connectivity index (χ0n) is 29.6. The monoisotopic (exact) mass is 630 g/mol. The Morgan fingerprint density at radius 3 is 1.93 bits per heavy atom. The Hall–Kier alpha value is -1.67. The minimum absolute atomic E-state index is 0.0325. The Kier molecular flexibility index (Phi) is 7.17. The Labute approximate surface area is 270 Å². The van der Waals surface area contributed by atoms with Crippen LogP contribution in [0.15, 0.2) is 0 Å². The number of ether oxygens (including phenoxy) is 4. The molecule has 0 bridgehead atoms. The molecule has 2 unspecified atom stereocenters. The van der Waals surface area contributed by atoms with Crippen LogP contribution in [-0.2, 0) is 33.3 Å². The summed E-state index contributed by atoms with van der Waals surface area (Å²) in [5, 5.41) is 10.9. The molecule has 0 aromatic heterocycles. The van der Waals surface area contributed by atoms with Crippen molar-refractivity contribution in [2.45, 2.75) is 170 Å². The fourth-order valence-corrected chi connectivity index (χ4v) is 13.5. The van der Waals surface area contributed by atoms with Crippen LogP contribution in [0.5, 0.6) is 0 Å². The van der Waals surface area contributed by atoms with Gasteiger partial charge in [-0.1, -0.05) is 34.6 Å². The predicted molar refractivity (Wildman–Crippen MR) is 168 cm³/mol. The predicted octanol–water partition coefficient (Wildman–Crippen LogP) is 6.54. The second kappa shape index (κ2) is 9.70. The summed E-state index contributed by atoms with van der Waals surface area (Å²) in [5.74, 6) is -0.575. The molecule has 2 spiro atoms. The lowest BCUT2D eigenvalue weighted by molar-refractivity contribution is -0.258. The quantitative estimate of drug-likeness (QED) is 0.270. The first-order chi connectivity index (χ1) is 20.5.